The van der Waals surface area contributed by atoms with E-state index in [-0.39, 0.29) is 18.1 Å². The maximum absolute atomic E-state index is 10.9. The maximum atomic E-state index is 10.9. The molecular formula is C19H15ClIN5O2. The summed E-state index contributed by atoms with van der Waals surface area (Å²) in [7, 11) is 0. The monoisotopic (exact) mass is 507 g/mol. The molecule has 0 spiro atoms. The average Bonchev–Trinajstić information content (AvgIpc) is 3.15. The Morgan fingerprint density at radius 1 is 0.893 bits per heavy atom. The normalized spacial score (nSPS) is 12.8. The summed E-state index contributed by atoms with van der Waals surface area (Å²) in [5, 5.41) is 19.2. The van der Waals surface area contributed by atoms with Crippen LogP contribution in [0.5, 0.6) is 0 Å². The van der Waals surface area contributed by atoms with Gasteiger partial charge in [-0.3, -0.25) is 15.5 Å². The maximum Gasteiger partial charge on any atom is 0.269 e. The van der Waals surface area contributed by atoms with Gasteiger partial charge in [-0.1, -0.05) is 18.2 Å². The number of anilines is 2. The molecule has 1 N–H and O–H groups in total. The van der Waals surface area contributed by atoms with E-state index in [1.54, 1.807) is 17.3 Å². The van der Waals surface area contributed by atoms with Crippen molar-refractivity contribution in [2.24, 2.45) is 5.10 Å². The van der Waals surface area contributed by atoms with Gasteiger partial charge in [0.2, 0.25) is 0 Å². The number of hydrazine groups is 2. The SMILES string of the molecule is Cl.O=[N+]([O-])c1ccc(C2=NN(c3ccccc3)N(c3ccc(I)cc3)N2)cc1. The summed E-state index contributed by atoms with van der Waals surface area (Å²) in [6, 6.07) is 24.1. The molecule has 0 fully saturated rings. The zero-order chi connectivity index (χ0) is 18.8. The van der Waals surface area contributed by atoms with Crippen LogP contribution in [0.4, 0.5) is 17.1 Å². The van der Waals surface area contributed by atoms with Crippen molar-refractivity contribution in [2.45, 2.75) is 0 Å². The van der Waals surface area contributed by atoms with Crippen LogP contribution in [0.25, 0.3) is 0 Å². The first-order valence-electron chi connectivity index (χ1n) is 8.13. The smallest absolute Gasteiger partial charge is 0.259 e. The Labute approximate surface area is 181 Å². The van der Waals surface area contributed by atoms with E-state index in [0.717, 1.165) is 20.5 Å². The number of nitro benzene ring substituents is 1. The van der Waals surface area contributed by atoms with Gasteiger partial charge in [0, 0.05) is 21.3 Å². The van der Waals surface area contributed by atoms with Gasteiger partial charge in [-0.25, -0.2) is 0 Å². The zero-order valence-corrected chi connectivity index (χ0v) is 17.4. The molecule has 0 unspecified atom stereocenters. The summed E-state index contributed by atoms with van der Waals surface area (Å²) >= 11 is 2.26. The van der Waals surface area contributed by atoms with Gasteiger partial charge in [-0.05, 0) is 71.1 Å². The Morgan fingerprint density at radius 2 is 1.54 bits per heavy atom. The van der Waals surface area contributed by atoms with Crippen molar-refractivity contribution >= 4 is 57.9 Å². The van der Waals surface area contributed by atoms with E-state index in [0.29, 0.717) is 5.84 Å². The van der Waals surface area contributed by atoms with Crippen LogP contribution in [-0.2, 0) is 0 Å². The average molecular weight is 508 g/mol. The van der Waals surface area contributed by atoms with Crippen LogP contribution in [-0.4, -0.2) is 10.8 Å². The third-order valence-corrected chi connectivity index (χ3v) is 4.73. The lowest BCUT2D eigenvalue weighted by Gasteiger charge is -2.27. The zero-order valence-electron chi connectivity index (χ0n) is 14.4. The molecule has 3 aromatic rings. The van der Waals surface area contributed by atoms with E-state index in [2.05, 4.69) is 33.1 Å². The Kier molecular flexibility index (Phi) is 6.00. The van der Waals surface area contributed by atoms with E-state index < -0.39 is 4.92 Å². The van der Waals surface area contributed by atoms with Crippen LogP contribution < -0.4 is 15.7 Å². The molecule has 28 heavy (non-hydrogen) atoms. The number of nitrogens with one attached hydrogen (secondary N) is 1. The van der Waals surface area contributed by atoms with Crippen molar-refractivity contribution in [1.29, 1.82) is 0 Å². The van der Waals surface area contributed by atoms with Gasteiger partial charge < -0.3 is 0 Å². The number of amidine groups is 1. The minimum atomic E-state index is -0.415. The van der Waals surface area contributed by atoms with E-state index in [1.165, 1.54) is 12.1 Å². The van der Waals surface area contributed by atoms with Gasteiger partial charge in [0.15, 0.2) is 5.84 Å². The molecule has 0 saturated heterocycles. The summed E-state index contributed by atoms with van der Waals surface area (Å²) in [6.07, 6.45) is 0. The Morgan fingerprint density at radius 3 is 2.14 bits per heavy atom. The van der Waals surface area contributed by atoms with E-state index in [9.17, 15) is 10.1 Å². The molecule has 9 heteroatoms. The number of benzene rings is 3. The highest BCUT2D eigenvalue weighted by Crippen LogP contribution is 2.26. The first-order valence-corrected chi connectivity index (χ1v) is 9.20. The number of para-hydroxylation sites is 1. The molecule has 7 nitrogen and oxygen atoms in total. The summed E-state index contributed by atoms with van der Waals surface area (Å²) < 4.78 is 1.14. The molecule has 142 valence electrons. The molecule has 0 radical (unpaired) electrons. The molecular weight excluding hydrogens is 493 g/mol. The van der Waals surface area contributed by atoms with Crippen molar-refractivity contribution in [3.05, 3.63) is 98.1 Å². The molecule has 1 aliphatic heterocycles. The molecule has 0 saturated carbocycles. The molecule has 4 rings (SSSR count). The first-order chi connectivity index (χ1) is 13.1. The predicted molar refractivity (Wildman–Crippen MR) is 121 cm³/mol. The molecule has 1 heterocycles. The van der Waals surface area contributed by atoms with Crippen LogP contribution in [0.2, 0.25) is 0 Å². The Bertz CT molecular complexity index is 997. The Hall–Kier alpha value is -2.85. The highest BCUT2D eigenvalue weighted by Gasteiger charge is 2.26. The van der Waals surface area contributed by atoms with E-state index >= 15 is 0 Å². The standard InChI is InChI=1S/C19H14IN5O2.ClH/c20-15-8-12-17(13-9-15)24-22-19(14-6-10-18(11-7-14)25(26)27)21-23(24)16-4-2-1-3-5-16;/h1-13H,(H,21,22);1H. The fourth-order valence-electron chi connectivity index (χ4n) is 2.66. The summed E-state index contributed by atoms with van der Waals surface area (Å²) in [6.45, 7) is 0. The highest BCUT2D eigenvalue weighted by molar-refractivity contribution is 14.1. The van der Waals surface area contributed by atoms with Crippen LogP contribution >= 0.6 is 35.0 Å². The fourth-order valence-corrected chi connectivity index (χ4v) is 3.02. The van der Waals surface area contributed by atoms with Crippen LogP contribution in [0.15, 0.2) is 84.0 Å². The highest BCUT2D eigenvalue weighted by atomic mass is 127. The number of halogens is 2. The molecule has 1 aliphatic rings. The van der Waals surface area contributed by atoms with Crippen LogP contribution in [0, 0.1) is 13.7 Å². The van der Waals surface area contributed by atoms with Gasteiger partial charge in [0.1, 0.15) is 0 Å². The molecule has 3 aromatic carbocycles. The number of hydrogen-bond donors (Lipinski definition) is 1. The van der Waals surface area contributed by atoms with Gasteiger partial charge in [-0.2, -0.15) is 10.2 Å². The summed E-state index contributed by atoms with van der Waals surface area (Å²) in [4.78, 5) is 10.5. The van der Waals surface area contributed by atoms with Crippen LogP contribution in [0.3, 0.4) is 0 Å². The number of hydrazone groups is 1. The first kappa shape index (κ1) is 19.9. The quantitative estimate of drug-likeness (QED) is 0.314. The van der Waals surface area contributed by atoms with Gasteiger partial charge in [-0.15, -0.1) is 17.5 Å². The van der Waals surface area contributed by atoms with Crippen molar-refractivity contribution in [2.75, 3.05) is 10.2 Å². The number of hydrogen-bond acceptors (Lipinski definition) is 6. The van der Waals surface area contributed by atoms with Crippen molar-refractivity contribution in [3.63, 3.8) is 0 Å². The van der Waals surface area contributed by atoms with Gasteiger partial charge >= 0.3 is 0 Å². The third-order valence-electron chi connectivity index (χ3n) is 4.01. The molecule has 0 aliphatic carbocycles. The number of rotatable bonds is 4. The number of nitrogens with zero attached hydrogens (tertiary/aromatic N) is 4. The predicted octanol–water partition coefficient (Wildman–Crippen LogP) is 4.73. The minimum absolute atomic E-state index is 0. The molecule has 0 amide bonds. The second-order valence-corrected chi connectivity index (χ2v) is 7.02. The van der Waals surface area contributed by atoms with Crippen LogP contribution in [0.1, 0.15) is 5.56 Å². The minimum Gasteiger partial charge on any atom is -0.259 e. The lowest BCUT2D eigenvalue weighted by molar-refractivity contribution is -0.384. The van der Waals surface area contributed by atoms with Crippen molar-refractivity contribution in [3.8, 4) is 0 Å². The third kappa shape index (κ3) is 4.02. The topological polar surface area (TPSA) is 74.0 Å². The largest absolute Gasteiger partial charge is 0.269 e. The number of non-ortho nitro benzene ring substituents is 1. The van der Waals surface area contributed by atoms with Crippen molar-refractivity contribution in [1.82, 2.24) is 5.43 Å². The lowest BCUT2D eigenvalue weighted by atomic mass is 10.2. The summed E-state index contributed by atoms with van der Waals surface area (Å²) in [5.74, 6) is 0.604. The second-order valence-electron chi connectivity index (χ2n) is 5.78. The molecule has 0 bridgehead atoms. The van der Waals surface area contributed by atoms with Crippen molar-refractivity contribution < 1.29 is 4.92 Å². The summed E-state index contributed by atoms with van der Waals surface area (Å²) in [5.41, 5.74) is 5.89. The van der Waals surface area contributed by atoms with E-state index in [1.807, 2.05) is 59.7 Å². The molecule has 0 atom stereocenters. The van der Waals surface area contributed by atoms with Gasteiger partial charge in [0.25, 0.3) is 5.69 Å². The lowest BCUT2D eigenvalue weighted by Crippen LogP contribution is -2.44. The van der Waals surface area contributed by atoms with E-state index in [4.69, 9.17) is 0 Å². The Balaban J connectivity index is 0.00000225. The number of nitro groups is 1. The molecule has 0 aromatic heterocycles. The van der Waals surface area contributed by atoms with Gasteiger partial charge in [0.05, 0.1) is 16.3 Å². The fraction of sp³-hybridized carbons (Fsp3) is 0. The second kappa shape index (κ2) is 8.44.